The highest BCUT2D eigenvalue weighted by molar-refractivity contribution is 7.19. The second kappa shape index (κ2) is 5.15. The number of rotatable bonds is 4. The van der Waals surface area contributed by atoms with Crippen LogP contribution in [0.1, 0.15) is 36.8 Å². The Morgan fingerprint density at radius 3 is 2.82 bits per heavy atom. The maximum absolute atomic E-state index is 13.7. The van der Waals surface area contributed by atoms with Gasteiger partial charge in [0.15, 0.2) is 0 Å². The Morgan fingerprint density at radius 1 is 1.41 bits per heavy atom. The van der Waals surface area contributed by atoms with E-state index in [2.05, 4.69) is 26.1 Å². The first-order chi connectivity index (χ1) is 8.15. The van der Waals surface area contributed by atoms with Gasteiger partial charge in [-0.2, -0.15) is 0 Å². The number of benzene rings is 1. The Hall–Kier alpha value is -0.930. The van der Waals surface area contributed by atoms with Crippen molar-refractivity contribution in [1.29, 1.82) is 0 Å². The van der Waals surface area contributed by atoms with Gasteiger partial charge in [0, 0.05) is 10.9 Å². The first kappa shape index (κ1) is 12.5. The molecule has 0 spiro atoms. The van der Waals surface area contributed by atoms with Gasteiger partial charge in [-0.3, -0.25) is 0 Å². The van der Waals surface area contributed by atoms with Crippen LogP contribution in [0.5, 0.6) is 0 Å². The smallest absolute Gasteiger partial charge is 0.141 e. The summed E-state index contributed by atoms with van der Waals surface area (Å²) in [7, 11) is 0. The molecule has 1 unspecified atom stereocenters. The fourth-order valence-corrected chi connectivity index (χ4v) is 3.33. The van der Waals surface area contributed by atoms with Crippen LogP contribution in [0.25, 0.3) is 10.1 Å². The molecule has 1 heterocycles. The molecule has 0 aliphatic rings. The Labute approximate surface area is 106 Å². The van der Waals surface area contributed by atoms with Gasteiger partial charge in [0.2, 0.25) is 0 Å². The molecular formula is C14H18FNS. The zero-order valence-corrected chi connectivity index (χ0v) is 11.3. The number of hydrogen-bond acceptors (Lipinski definition) is 2. The molecular weight excluding hydrogens is 233 g/mol. The summed E-state index contributed by atoms with van der Waals surface area (Å²) in [5.41, 5.74) is 1.21. The zero-order valence-electron chi connectivity index (χ0n) is 10.5. The standard InChI is InChI=1S/C14H18FNS/c1-4-8-16-10(3)13-9(2)11-6-5-7-12(15)14(11)17-13/h5-7,10,16H,4,8H2,1-3H3. The second-order valence-corrected chi connectivity index (χ2v) is 5.44. The maximum Gasteiger partial charge on any atom is 0.141 e. The monoisotopic (exact) mass is 251 g/mol. The van der Waals surface area contributed by atoms with E-state index in [1.807, 2.05) is 6.07 Å². The van der Waals surface area contributed by atoms with E-state index < -0.39 is 0 Å². The number of thiophene rings is 1. The van der Waals surface area contributed by atoms with Gasteiger partial charge in [0.25, 0.3) is 0 Å². The van der Waals surface area contributed by atoms with Crippen molar-refractivity contribution in [2.24, 2.45) is 0 Å². The van der Waals surface area contributed by atoms with E-state index in [0.29, 0.717) is 6.04 Å². The van der Waals surface area contributed by atoms with E-state index in [4.69, 9.17) is 0 Å². The number of nitrogens with one attached hydrogen (secondary N) is 1. The lowest BCUT2D eigenvalue weighted by Gasteiger charge is -2.12. The first-order valence-corrected chi connectivity index (χ1v) is 6.87. The normalized spacial score (nSPS) is 13.2. The number of hydrogen-bond donors (Lipinski definition) is 1. The largest absolute Gasteiger partial charge is 0.309 e. The van der Waals surface area contributed by atoms with Gasteiger partial charge >= 0.3 is 0 Å². The molecule has 17 heavy (non-hydrogen) atoms. The van der Waals surface area contributed by atoms with Crippen molar-refractivity contribution in [2.45, 2.75) is 33.2 Å². The number of aryl methyl sites for hydroxylation is 1. The lowest BCUT2D eigenvalue weighted by atomic mass is 10.1. The fourth-order valence-electron chi connectivity index (χ4n) is 2.09. The van der Waals surface area contributed by atoms with Gasteiger partial charge in [-0.05, 0) is 43.8 Å². The molecule has 1 nitrogen and oxygen atoms in total. The molecule has 0 fully saturated rings. The maximum atomic E-state index is 13.7. The van der Waals surface area contributed by atoms with Gasteiger partial charge < -0.3 is 5.32 Å². The molecule has 0 aliphatic heterocycles. The first-order valence-electron chi connectivity index (χ1n) is 6.06. The summed E-state index contributed by atoms with van der Waals surface area (Å²) >= 11 is 1.57. The lowest BCUT2D eigenvalue weighted by molar-refractivity contribution is 0.576. The average molecular weight is 251 g/mol. The predicted octanol–water partition coefficient (Wildman–Crippen LogP) is 4.41. The van der Waals surface area contributed by atoms with Crippen molar-refractivity contribution in [3.8, 4) is 0 Å². The highest BCUT2D eigenvalue weighted by Crippen LogP contribution is 2.35. The summed E-state index contributed by atoms with van der Waals surface area (Å²) in [5, 5.41) is 4.51. The quantitative estimate of drug-likeness (QED) is 0.848. The van der Waals surface area contributed by atoms with Gasteiger partial charge in [-0.25, -0.2) is 4.39 Å². The SMILES string of the molecule is CCCNC(C)c1sc2c(F)cccc2c1C. The Morgan fingerprint density at radius 2 is 2.18 bits per heavy atom. The number of halogens is 1. The second-order valence-electron chi connectivity index (χ2n) is 4.38. The van der Waals surface area contributed by atoms with Gasteiger partial charge in [0.1, 0.15) is 5.82 Å². The van der Waals surface area contributed by atoms with Crippen LogP contribution in [-0.2, 0) is 0 Å². The Bertz CT molecular complexity index is 518. The molecule has 0 amide bonds. The fraction of sp³-hybridized carbons (Fsp3) is 0.429. The van der Waals surface area contributed by atoms with E-state index in [1.165, 1.54) is 16.5 Å². The van der Waals surface area contributed by atoms with Crippen molar-refractivity contribution in [1.82, 2.24) is 5.32 Å². The summed E-state index contributed by atoms with van der Waals surface area (Å²) in [6.45, 7) is 7.37. The molecule has 2 aromatic rings. The van der Waals surface area contributed by atoms with E-state index in [1.54, 1.807) is 17.4 Å². The van der Waals surface area contributed by atoms with E-state index >= 15 is 0 Å². The van der Waals surface area contributed by atoms with E-state index in [9.17, 15) is 4.39 Å². The summed E-state index contributed by atoms with van der Waals surface area (Å²) in [4.78, 5) is 1.25. The minimum Gasteiger partial charge on any atom is -0.309 e. The third-order valence-electron chi connectivity index (χ3n) is 3.05. The molecule has 0 radical (unpaired) electrons. The average Bonchev–Trinajstić information content (AvgIpc) is 2.66. The molecule has 1 aromatic carbocycles. The molecule has 1 N–H and O–H groups in total. The Balaban J connectivity index is 2.41. The highest BCUT2D eigenvalue weighted by atomic mass is 32.1. The van der Waals surface area contributed by atoms with E-state index in [-0.39, 0.29) is 5.82 Å². The van der Waals surface area contributed by atoms with Crippen molar-refractivity contribution in [2.75, 3.05) is 6.54 Å². The van der Waals surface area contributed by atoms with Crippen LogP contribution >= 0.6 is 11.3 Å². The summed E-state index contributed by atoms with van der Waals surface area (Å²) in [5.74, 6) is -0.107. The van der Waals surface area contributed by atoms with Crippen LogP contribution in [-0.4, -0.2) is 6.54 Å². The Kier molecular flexibility index (Phi) is 3.79. The highest BCUT2D eigenvalue weighted by Gasteiger charge is 2.15. The molecule has 2 rings (SSSR count). The van der Waals surface area contributed by atoms with Crippen LogP contribution in [0.4, 0.5) is 4.39 Å². The predicted molar refractivity (Wildman–Crippen MR) is 73.2 cm³/mol. The molecule has 0 saturated heterocycles. The molecule has 3 heteroatoms. The molecule has 0 bridgehead atoms. The van der Waals surface area contributed by atoms with Crippen molar-refractivity contribution >= 4 is 21.4 Å². The summed E-state index contributed by atoms with van der Waals surface area (Å²) in [6, 6.07) is 5.62. The van der Waals surface area contributed by atoms with Crippen molar-refractivity contribution in [3.05, 3.63) is 34.5 Å². The lowest BCUT2D eigenvalue weighted by Crippen LogP contribution is -2.18. The number of fused-ring (bicyclic) bond motifs is 1. The van der Waals surface area contributed by atoms with Gasteiger partial charge in [-0.1, -0.05) is 19.1 Å². The van der Waals surface area contributed by atoms with Crippen LogP contribution in [0.15, 0.2) is 18.2 Å². The molecule has 0 aliphatic carbocycles. The molecule has 1 aromatic heterocycles. The minimum atomic E-state index is -0.107. The summed E-state index contributed by atoms with van der Waals surface area (Å²) in [6.07, 6.45) is 1.11. The third kappa shape index (κ3) is 2.35. The van der Waals surface area contributed by atoms with Crippen molar-refractivity contribution in [3.63, 3.8) is 0 Å². The van der Waals surface area contributed by atoms with E-state index in [0.717, 1.165) is 23.1 Å². The summed E-state index contributed by atoms with van der Waals surface area (Å²) < 4.78 is 14.5. The van der Waals surface area contributed by atoms with Gasteiger partial charge in [0.05, 0.1) is 4.70 Å². The van der Waals surface area contributed by atoms with Crippen LogP contribution in [0.2, 0.25) is 0 Å². The third-order valence-corrected chi connectivity index (χ3v) is 4.55. The van der Waals surface area contributed by atoms with Gasteiger partial charge in [-0.15, -0.1) is 11.3 Å². The zero-order chi connectivity index (χ0) is 12.4. The van der Waals surface area contributed by atoms with Crippen molar-refractivity contribution < 1.29 is 4.39 Å². The molecule has 0 saturated carbocycles. The molecule has 92 valence electrons. The van der Waals surface area contributed by atoms with Crippen LogP contribution in [0, 0.1) is 12.7 Å². The topological polar surface area (TPSA) is 12.0 Å². The van der Waals surface area contributed by atoms with Crippen LogP contribution in [0.3, 0.4) is 0 Å². The van der Waals surface area contributed by atoms with Crippen LogP contribution < -0.4 is 5.32 Å². The molecule has 1 atom stereocenters. The minimum absolute atomic E-state index is 0.107.